The van der Waals surface area contributed by atoms with Gasteiger partial charge in [-0.2, -0.15) is 0 Å². The van der Waals surface area contributed by atoms with Crippen LogP contribution in [0.3, 0.4) is 0 Å². The van der Waals surface area contributed by atoms with E-state index in [4.69, 9.17) is 32.9 Å². The first kappa shape index (κ1) is 20.8. The molecule has 0 aliphatic carbocycles. The number of rotatable bonds is 5. The molecule has 4 aromatic rings. The van der Waals surface area contributed by atoms with Gasteiger partial charge in [0.2, 0.25) is 5.88 Å². The van der Waals surface area contributed by atoms with E-state index in [0.717, 1.165) is 32.7 Å². The molecular formula is C20H16Cl3N3OS. The Balaban J connectivity index is 0.00000225. The van der Waals surface area contributed by atoms with Crippen molar-refractivity contribution in [2.75, 3.05) is 7.11 Å². The molecule has 0 unspecified atom stereocenters. The summed E-state index contributed by atoms with van der Waals surface area (Å²) < 4.78 is 7.23. The van der Waals surface area contributed by atoms with Crippen molar-refractivity contribution >= 4 is 58.4 Å². The maximum Gasteiger partial charge on any atom is 0.213 e. The number of nitrogens with zero attached hydrogens (tertiary/aromatic N) is 3. The standard InChI is InChI=1S/C20H15Cl2N3OS.ClH/c1-26-19-9-7-16(11-23-19)25-18-10-15(22)6-8-17(18)24-20(25)27-12-13-2-4-14(21)5-3-13;/h2-11H,12H2,1H3;1H. The van der Waals surface area contributed by atoms with Gasteiger partial charge in [-0.15, -0.1) is 12.4 Å². The smallest absolute Gasteiger partial charge is 0.213 e. The normalized spacial score (nSPS) is 10.7. The van der Waals surface area contributed by atoms with Gasteiger partial charge in [-0.05, 0) is 42.0 Å². The van der Waals surface area contributed by atoms with Crippen molar-refractivity contribution in [1.29, 1.82) is 0 Å². The highest BCUT2D eigenvalue weighted by Gasteiger charge is 2.14. The van der Waals surface area contributed by atoms with Crippen molar-refractivity contribution in [3.63, 3.8) is 0 Å². The Morgan fingerprint density at radius 2 is 1.75 bits per heavy atom. The van der Waals surface area contributed by atoms with Crippen molar-refractivity contribution in [1.82, 2.24) is 14.5 Å². The number of pyridine rings is 1. The van der Waals surface area contributed by atoms with E-state index in [1.54, 1.807) is 25.1 Å². The maximum absolute atomic E-state index is 6.23. The van der Waals surface area contributed by atoms with Crippen LogP contribution in [0.5, 0.6) is 5.88 Å². The van der Waals surface area contributed by atoms with E-state index in [1.165, 1.54) is 5.56 Å². The van der Waals surface area contributed by atoms with Crippen LogP contribution in [0.1, 0.15) is 5.56 Å². The number of hydrogen-bond donors (Lipinski definition) is 0. The lowest BCUT2D eigenvalue weighted by atomic mass is 10.2. The molecule has 0 radical (unpaired) electrons. The van der Waals surface area contributed by atoms with Crippen LogP contribution in [-0.4, -0.2) is 21.6 Å². The average Bonchev–Trinajstić information content (AvgIpc) is 3.05. The molecule has 0 atom stereocenters. The molecule has 2 heterocycles. The number of methoxy groups -OCH3 is 1. The number of imidazole rings is 1. The molecule has 0 saturated carbocycles. The summed E-state index contributed by atoms with van der Waals surface area (Å²) in [6, 6.07) is 17.3. The zero-order valence-corrected chi connectivity index (χ0v) is 17.9. The van der Waals surface area contributed by atoms with E-state index in [0.29, 0.717) is 10.9 Å². The van der Waals surface area contributed by atoms with Crippen molar-refractivity contribution < 1.29 is 4.74 Å². The average molecular weight is 453 g/mol. The van der Waals surface area contributed by atoms with Gasteiger partial charge in [0.1, 0.15) is 0 Å². The molecular weight excluding hydrogens is 437 g/mol. The first-order valence-corrected chi connectivity index (χ1v) is 9.94. The molecule has 4 rings (SSSR count). The van der Waals surface area contributed by atoms with Gasteiger partial charge in [0.25, 0.3) is 0 Å². The molecule has 0 aliphatic rings. The van der Waals surface area contributed by atoms with Crippen molar-refractivity contribution in [3.8, 4) is 11.6 Å². The summed E-state index contributed by atoms with van der Waals surface area (Å²) in [5.74, 6) is 1.34. The molecule has 28 heavy (non-hydrogen) atoms. The van der Waals surface area contributed by atoms with Gasteiger partial charge in [-0.3, -0.25) is 4.57 Å². The largest absolute Gasteiger partial charge is 0.481 e. The SMILES string of the molecule is COc1ccc(-n2c(SCc3ccc(Cl)cc3)nc3ccc(Cl)cc32)cn1.Cl. The van der Waals surface area contributed by atoms with Crippen molar-refractivity contribution in [2.45, 2.75) is 10.9 Å². The third-order valence-corrected chi connectivity index (χ3v) is 5.55. The van der Waals surface area contributed by atoms with Gasteiger partial charge >= 0.3 is 0 Å². The Morgan fingerprint density at radius 1 is 1.00 bits per heavy atom. The highest BCUT2D eigenvalue weighted by Crippen LogP contribution is 2.31. The van der Waals surface area contributed by atoms with Crippen LogP contribution in [0.25, 0.3) is 16.7 Å². The number of benzene rings is 2. The number of fused-ring (bicyclic) bond motifs is 1. The second kappa shape index (κ2) is 9.05. The van der Waals surface area contributed by atoms with Crippen LogP contribution in [-0.2, 0) is 5.75 Å². The topological polar surface area (TPSA) is 39.9 Å². The minimum absolute atomic E-state index is 0. The van der Waals surface area contributed by atoms with Gasteiger partial charge < -0.3 is 4.74 Å². The van der Waals surface area contributed by atoms with Gasteiger partial charge in [-0.1, -0.05) is 47.1 Å². The number of hydrogen-bond acceptors (Lipinski definition) is 4. The lowest BCUT2D eigenvalue weighted by Crippen LogP contribution is -1.98. The summed E-state index contributed by atoms with van der Waals surface area (Å²) in [6.07, 6.45) is 1.77. The number of aromatic nitrogens is 3. The molecule has 0 amide bonds. The van der Waals surface area contributed by atoms with E-state index < -0.39 is 0 Å². The van der Waals surface area contributed by atoms with E-state index >= 15 is 0 Å². The van der Waals surface area contributed by atoms with Crippen molar-refractivity contribution in [3.05, 3.63) is 76.4 Å². The lowest BCUT2D eigenvalue weighted by molar-refractivity contribution is 0.398. The minimum Gasteiger partial charge on any atom is -0.481 e. The fourth-order valence-corrected chi connectivity index (χ4v) is 4.00. The third-order valence-electron chi connectivity index (χ3n) is 4.06. The maximum atomic E-state index is 6.23. The first-order chi connectivity index (χ1) is 13.1. The monoisotopic (exact) mass is 451 g/mol. The Morgan fingerprint density at radius 3 is 2.43 bits per heavy atom. The summed E-state index contributed by atoms with van der Waals surface area (Å²) in [5.41, 5.74) is 3.90. The molecule has 0 saturated heterocycles. The van der Waals surface area contributed by atoms with Crippen molar-refractivity contribution in [2.24, 2.45) is 0 Å². The fourth-order valence-electron chi connectivity index (χ4n) is 2.73. The Labute approximate surface area is 183 Å². The number of ether oxygens (including phenoxy) is 1. The van der Waals surface area contributed by atoms with Gasteiger partial charge in [0, 0.05) is 21.9 Å². The van der Waals surface area contributed by atoms with Gasteiger partial charge in [0.15, 0.2) is 5.16 Å². The van der Waals surface area contributed by atoms with Crippen LogP contribution in [0.15, 0.2) is 66.0 Å². The zero-order valence-electron chi connectivity index (χ0n) is 14.8. The van der Waals surface area contributed by atoms with E-state index in [1.807, 2.05) is 54.6 Å². The van der Waals surface area contributed by atoms with E-state index in [-0.39, 0.29) is 12.4 Å². The van der Waals surface area contributed by atoms with Gasteiger partial charge in [0.05, 0.1) is 30.0 Å². The zero-order chi connectivity index (χ0) is 18.8. The molecule has 4 nitrogen and oxygen atoms in total. The van der Waals surface area contributed by atoms with Crippen LogP contribution < -0.4 is 4.74 Å². The minimum atomic E-state index is 0. The van der Waals surface area contributed by atoms with E-state index in [9.17, 15) is 0 Å². The Bertz CT molecular complexity index is 1080. The van der Waals surface area contributed by atoms with Crippen LogP contribution in [0, 0.1) is 0 Å². The molecule has 144 valence electrons. The molecule has 0 bridgehead atoms. The Hall–Kier alpha value is -1.92. The molecule has 2 aromatic heterocycles. The number of halogens is 3. The second-order valence-corrected chi connectivity index (χ2v) is 7.65. The van der Waals surface area contributed by atoms with Crippen LogP contribution in [0.2, 0.25) is 10.0 Å². The highest BCUT2D eigenvalue weighted by atomic mass is 35.5. The first-order valence-electron chi connectivity index (χ1n) is 8.20. The van der Waals surface area contributed by atoms with Gasteiger partial charge in [-0.25, -0.2) is 9.97 Å². The summed E-state index contributed by atoms with van der Waals surface area (Å²) >= 11 is 13.8. The quantitative estimate of drug-likeness (QED) is 0.326. The molecule has 0 fully saturated rings. The highest BCUT2D eigenvalue weighted by molar-refractivity contribution is 7.98. The molecule has 0 spiro atoms. The summed E-state index contributed by atoms with van der Waals surface area (Å²) in [5, 5.41) is 2.27. The lowest BCUT2D eigenvalue weighted by Gasteiger charge is -2.09. The van der Waals surface area contributed by atoms with Crippen LogP contribution in [0.4, 0.5) is 0 Å². The predicted molar refractivity (Wildman–Crippen MR) is 119 cm³/mol. The fraction of sp³-hybridized carbons (Fsp3) is 0.100. The van der Waals surface area contributed by atoms with Crippen LogP contribution >= 0.6 is 47.4 Å². The number of thioether (sulfide) groups is 1. The summed E-state index contributed by atoms with van der Waals surface area (Å²) in [4.78, 5) is 9.11. The molecule has 8 heteroatoms. The summed E-state index contributed by atoms with van der Waals surface area (Å²) in [7, 11) is 1.60. The summed E-state index contributed by atoms with van der Waals surface area (Å²) in [6.45, 7) is 0. The predicted octanol–water partition coefficient (Wildman–Crippen LogP) is 6.45. The second-order valence-electron chi connectivity index (χ2n) is 5.84. The molecule has 2 aromatic carbocycles. The molecule has 0 aliphatic heterocycles. The third kappa shape index (κ3) is 4.39. The van der Waals surface area contributed by atoms with E-state index in [2.05, 4.69) is 9.55 Å². The Kier molecular flexibility index (Phi) is 6.73. The molecule has 0 N–H and O–H groups in total.